The number of nitrogens with one attached hydrogen (secondary N) is 1. The van der Waals surface area contributed by atoms with E-state index in [0.29, 0.717) is 4.88 Å². The van der Waals surface area contributed by atoms with Crippen LogP contribution in [0, 0.1) is 6.92 Å². The number of rotatable bonds is 7. The smallest absolute Gasteiger partial charge is 0.339 e. The van der Waals surface area contributed by atoms with Gasteiger partial charge >= 0.3 is 5.97 Å². The number of benzene rings is 2. The van der Waals surface area contributed by atoms with Gasteiger partial charge in [-0.05, 0) is 42.5 Å². The van der Waals surface area contributed by atoms with Crippen molar-refractivity contribution in [3.8, 4) is 0 Å². The third kappa shape index (κ3) is 4.97. The Morgan fingerprint density at radius 2 is 1.66 bits per heavy atom. The fourth-order valence-corrected chi connectivity index (χ4v) is 3.72. The summed E-state index contributed by atoms with van der Waals surface area (Å²) < 4.78 is 5.17. The third-order valence-electron chi connectivity index (χ3n) is 4.50. The SMILES string of the molecule is Cc1ccccc1C(C)NC(=O)COC(=O)c1ccccc1C(=O)c1cccs1. The number of esters is 1. The number of hydrogen-bond donors (Lipinski definition) is 1. The number of thiophene rings is 1. The Morgan fingerprint density at radius 1 is 0.966 bits per heavy atom. The van der Waals surface area contributed by atoms with Crippen LogP contribution in [0.5, 0.6) is 0 Å². The number of carbonyl (C=O) groups excluding carboxylic acids is 3. The first kappa shape index (κ1) is 20.5. The summed E-state index contributed by atoms with van der Waals surface area (Å²) in [4.78, 5) is 37.9. The van der Waals surface area contributed by atoms with E-state index in [1.165, 1.54) is 17.4 Å². The summed E-state index contributed by atoms with van der Waals surface area (Å²) in [5, 5.41) is 4.62. The molecule has 0 radical (unpaired) electrons. The lowest BCUT2D eigenvalue weighted by Crippen LogP contribution is -2.31. The van der Waals surface area contributed by atoms with E-state index in [9.17, 15) is 14.4 Å². The summed E-state index contributed by atoms with van der Waals surface area (Å²) in [6.07, 6.45) is 0. The zero-order chi connectivity index (χ0) is 20.8. The van der Waals surface area contributed by atoms with E-state index in [0.717, 1.165) is 11.1 Å². The van der Waals surface area contributed by atoms with E-state index >= 15 is 0 Å². The molecule has 0 bridgehead atoms. The summed E-state index contributed by atoms with van der Waals surface area (Å²) >= 11 is 1.30. The van der Waals surface area contributed by atoms with Gasteiger partial charge in [0.2, 0.25) is 5.78 Å². The van der Waals surface area contributed by atoms with Crippen molar-refractivity contribution in [1.29, 1.82) is 0 Å². The lowest BCUT2D eigenvalue weighted by molar-refractivity contribution is -0.124. The van der Waals surface area contributed by atoms with Gasteiger partial charge in [-0.25, -0.2) is 4.79 Å². The van der Waals surface area contributed by atoms with Crippen molar-refractivity contribution >= 4 is 29.0 Å². The largest absolute Gasteiger partial charge is 0.452 e. The fraction of sp³-hybridized carbons (Fsp3) is 0.174. The Bertz CT molecular complexity index is 1030. The van der Waals surface area contributed by atoms with Crippen LogP contribution in [0.3, 0.4) is 0 Å². The molecule has 0 spiro atoms. The molecular formula is C23H21NO4S. The van der Waals surface area contributed by atoms with Crippen LogP contribution in [0.4, 0.5) is 0 Å². The van der Waals surface area contributed by atoms with Crippen molar-refractivity contribution in [2.45, 2.75) is 19.9 Å². The lowest BCUT2D eigenvalue weighted by Gasteiger charge is -2.16. The van der Waals surface area contributed by atoms with Gasteiger partial charge in [-0.3, -0.25) is 9.59 Å². The fourth-order valence-electron chi connectivity index (χ4n) is 3.04. The maximum Gasteiger partial charge on any atom is 0.339 e. The van der Waals surface area contributed by atoms with Crippen LogP contribution in [0.25, 0.3) is 0 Å². The average Bonchev–Trinajstić information content (AvgIpc) is 3.26. The molecule has 1 heterocycles. The predicted molar refractivity (Wildman–Crippen MR) is 112 cm³/mol. The molecule has 0 fully saturated rings. The van der Waals surface area contributed by atoms with Crippen molar-refractivity contribution in [3.63, 3.8) is 0 Å². The highest BCUT2D eigenvalue weighted by atomic mass is 32.1. The zero-order valence-electron chi connectivity index (χ0n) is 16.2. The number of aryl methyl sites for hydroxylation is 1. The number of amides is 1. The molecule has 0 saturated carbocycles. The van der Waals surface area contributed by atoms with Crippen molar-refractivity contribution in [2.24, 2.45) is 0 Å². The van der Waals surface area contributed by atoms with E-state index in [1.807, 2.05) is 38.1 Å². The Balaban J connectivity index is 1.63. The standard InChI is InChI=1S/C23H21NO4S/c1-15-8-3-4-9-17(15)16(2)24-21(25)14-28-23(27)19-11-6-5-10-18(19)22(26)20-12-7-13-29-20/h3-13,16H,14H2,1-2H3,(H,24,25). The highest BCUT2D eigenvalue weighted by Gasteiger charge is 2.21. The molecule has 5 nitrogen and oxygen atoms in total. The highest BCUT2D eigenvalue weighted by molar-refractivity contribution is 7.12. The van der Waals surface area contributed by atoms with Gasteiger partial charge in [0.1, 0.15) is 0 Å². The van der Waals surface area contributed by atoms with E-state index in [-0.39, 0.29) is 23.0 Å². The Hall–Kier alpha value is -3.25. The van der Waals surface area contributed by atoms with Crippen LogP contribution in [0.2, 0.25) is 0 Å². The minimum absolute atomic E-state index is 0.144. The lowest BCUT2D eigenvalue weighted by atomic mass is 10.0. The van der Waals surface area contributed by atoms with E-state index in [4.69, 9.17) is 4.74 Å². The van der Waals surface area contributed by atoms with E-state index in [1.54, 1.807) is 35.7 Å². The van der Waals surface area contributed by atoms with Crippen molar-refractivity contribution in [2.75, 3.05) is 6.61 Å². The number of ketones is 1. The maximum atomic E-state index is 12.6. The molecule has 3 aromatic rings. The molecule has 1 unspecified atom stereocenters. The first-order chi connectivity index (χ1) is 14.0. The van der Waals surface area contributed by atoms with E-state index in [2.05, 4.69) is 5.32 Å². The second-order valence-corrected chi connectivity index (χ2v) is 7.52. The molecular weight excluding hydrogens is 386 g/mol. The minimum atomic E-state index is -0.704. The second kappa shape index (κ2) is 9.30. The van der Waals surface area contributed by atoms with Gasteiger partial charge in [0.25, 0.3) is 5.91 Å². The summed E-state index contributed by atoms with van der Waals surface area (Å²) in [6, 6.07) is 17.5. The average molecular weight is 407 g/mol. The first-order valence-electron chi connectivity index (χ1n) is 9.16. The monoisotopic (exact) mass is 407 g/mol. The minimum Gasteiger partial charge on any atom is -0.452 e. The summed E-state index contributed by atoms with van der Waals surface area (Å²) in [5.41, 5.74) is 2.47. The maximum absolute atomic E-state index is 12.6. The molecule has 1 amide bonds. The molecule has 0 aliphatic heterocycles. The molecule has 1 N–H and O–H groups in total. The normalized spacial score (nSPS) is 11.5. The topological polar surface area (TPSA) is 72.5 Å². The van der Waals surface area contributed by atoms with E-state index < -0.39 is 18.5 Å². The highest BCUT2D eigenvalue weighted by Crippen LogP contribution is 2.19. The molecule has 0 saturated heterocycles. The van der Waals surface area contributed by atoms with Gasteiger partial charge in [-0.15, -0.1) is 11.3 Å². The summed E-state index contributed by atoms with van der Waals surface area (Å²) in [7, 11) is 0. The van der Waals surface area contributed by atoms with Crippen LogP contribution in [-0.4, -0.2) is 24.3 Å². The summed E-state index contributed by atoms with van der Waals surface area (Å²) in [6.45, 7) is 3.42. The Morgan fingerprint density at radius 3 is 2.34 bits per heavy atom. The van der Waals surface area contributed by atoms with Crippen LogP contribution >= 0.6 is 11.3 Å². The van der Waals surface area contributed by atoms with Crippen molar-refractivity contribution in [1.82, 2.24) is 5.32 Å². The molecule has 1 atom stereocenters. The van der Waals surface area contributed by atoms with Crippen molar-refractivity contribution < 1.29 is 19.1 Å². The van der Waals surface area contributed by atoms with Crippen molar-refractivity contribution in [3.05, 3.63) is 93.2 Å². The Labute approximate surface area is 173 Å². The molecule has 29 heavy (non-hydrogen) atoms. The quantitative estimate of drug-likeness (QED) is 0.468. The van der Waals surface area contributed by atoms with Gasteiger partial charge in [-0.1, -0.05) is 48.5 Å². The molecule has 0 aliphatic carbocycles. The number of ether oxygens (including phenoxy) is 1. The first-order valence-corrected chi connectivity index (χ1v) is 10.0. The van der Waals surface area contributed by atoms with Crippen LogP contribution in [0.15, 0.2) is 66.0 Å². The van der Waals surface area contributed by atoms with Crippen LogP contribution < -0.4 is 5.32 Å². The predicted octanol–water partition coefficient (Wildman–Crippen LogP) is 4.32. The van der Waals surface area contributed by atoms with Gasteiger partial charge in [0.15, 0.2) is 6.61 Å². The molecule has 3 rings (SSSR count). The number of carbonyl (C=O) groups is 3. The molecule has 2 aromatic carbocycles. The second-order valence-electron chi connectivity index (χ2n) is 6.57. The summed E-state index contributed by atoms with van der Waals surface area (Å²) in [5.74, 6) is -1.36. The van der Waals surface area contributed by atoms with Gasteiger partial charge in [-0.2, -0.15) is 0 Å². The molecule has 148 valence electrons. The van der Waals surface area contributed by atoms with Gasteiger partial charge in [0.05, 0.1) is 16.5 Å². The van der Waals surface area contributed by atoms with Gasteiger partial charge in [0, 0.05) is 5.56 Å². The Kier molecular flexibility index (Phi) is 6.57. The van der Waals surface area contributed by atoms with Crippen LogP contribution in [-0.2, 0) is 9.53 Å². The molecule has 1 aromatic heterocycles. The zero-order valence-corrected chi connectivity index (χ0v) is 17.0. The van der Waals surface area contributed by atoms with Gasteiger partial charge < -0.3 is 10.1 Å². The third-order valence-corrected chi connectivity index (χ3v) is 5.37. The van der Waals surface area contributed by atoms with Crippen LogP contribution in [0.1, 0.15) is 49.7 Å². The molecule has 0 aliphatic rings. The molecule has 6 heteroatoms. The number of hydrogen-bond acceptors (Lipinski definition) is 5.